The number of nitrogens with one attached hydrogen (secondary N) is 2. The lowest BCUT2D eigenvalue weighted by molar-refractivity contribution is 0.0922. The van der Waals surface area contributed by atoms with Crippen molar-refractivity contribution in [3.05, 3.63) is 29.3 Å². The van der Waals surface area contributed by atoms with E-state index >= 15 is 0 Å². The minimum atomic E-state index is -0.204. The van der Waals surface area contributed by atoms with Crippen LogP contribution in [-0.2, 0) is 0 Å². The normalized spacial score (nSPS) is 23.1. The molecular formula is C15H22N2O2. The van der Waals surface area contributed by atoms with Gasteiger partial charge in [-0.25, -0.2) is 0 Å². The zero-order valence-corrected chi connectivity index (χ0v) is 11.6. The molecule has 1 aromatic rings. The van der Waals surface area contributed by atoms with Gasteiger partial charge >= 0.3 is 0 Å². The van der Waals surface area contributed by atoms with Crippen LogP contribution in [0.4, 0.5) is 0 Å². The van der Waals surface area contributed by atoms with Crippen molar-refractivity contribution in [1.82, 2.24) is 10.6 Å². The molecule has 0 saturated carbocycles. The molecule has 1 heterocycles. The lowest BCUT2D eigenvalue weighted by atomic mass is 9.83. The fraction of sp³-hybridized carbons (Fsp3) is 0.533. The van der Waals surface area contributed by atoms with E-state index in [9.17, 15) is 9.90 Å². The van der Waals surface area contributed by atoms with E-state index in [2.05, 4.69) is 17.6 Å². The summed E-state index contributed by atoms with van der Waals surface area (Å²) in [4.78, 5) is 12.1. The van der Waals surface area contributed by atoms with Crippen LogP contribution in [0.2, 0.25) is 0 Å². The zero-order valence-electron chi connectivity index (χ0n) is 11.6. The maximum absolute atomic E-state index is 12.1. The molecule has 1 unspecified atom stereocenters. The molecule has 1 aliphatic heterocycles. The van der Waals surface area contributed by atoms with Gasteiger partial charge in [-0.1, -0.05) is 13.0 Å². The van der Waals surface area contributed by atoms with Crippen molar-refractivity contribution in [2.45, 2.75) is 26.7 Å². The Kier molecular flexibility index (Phi) is 4.10. The molecule has 0 aliphatic carbocycles. The molecule has 1 aromatic carbocycles. The van der Waals surface area contributed by atoms with Gasteiger partial charge in [-0.2, -0.15) is 0 Å². The number of carbonyl (C=O) groups is 1. The Bertz CT molecular complexity index is 465. The first-order valence-electron chi connectivity index (χ1n) is 6.79. The lowest BCUT2D eigenvalue weighted by Gasteiger charge is -2.34. The number of piperidine rings is 1. The van der Waals surface area contributed by atoms with Gasteiger partial charge in [0.2, 0.25) is 0 Å². The fourth-order valence-corrected chi connectivity index (χ4v) is 2.49. The number of phenols is 1. The van der Waals surface area contributed by atoms with Gasteiger partial charge in [-0.3, -0.25) is 4.79 Å². The van der Waals surface area contributed by atoms with E-state index in [1.54, 1.807) is 12.1 Å². The highest BCUT2D eigenvalue weighted by Gasteiger charge is 2.27. The first kappa shape index (κ1) is 13.9. The molecule has 3 N–H and O–H groups in total. The molecule has 104 valence electrons. The Labute approximate surface area is 114 Å². The number of hydrogen-bond donors (Lipinski definition) is 3. The smallest absolute Gasteiger partial charge is 0.255 e. The van der Waals surface area contributed by atoms with Gasteiger partial charge in [0.25, 0.3) is 5.91 Å². The Morgan fingerprint density at radius 1 is 1.53 bits per heavy atom. The van der Waals surface area contributed by atoms with Crippen molar-refractivity contribution >= 4 is 5.91 Å². The molecule has 1 fully saturated rings. The minimum Gasteiger partial charge on any atom is -0.507 e. The summed E-state index contributed by atoms with van der Waals surface area (Å²) in [7, 11) is 0. The van der Waals surface area contributed by atoms with Gasteiger partial charge in [-0.05, 0) is 49.4 Å². The quantitative estimate of drug-likeness (QED) is 0.778. The average molecular weight is 262 g/mol. The highest BCUT2D eigenvalue weighted by Crippen LogP contribution is 2.25. The summed E-state index contributed by atoms with van der Waals surface area (Å²) in [6.45, 7) is 6.67. The Hall–Kier alpha value is -1.55. The maximum Gasteiger partial charge on any atom is 0.255 e. The number of aryl methyl sites for hydroxylation is 1. The number of hydrogen-bond acceptors (Lipinski definition) is 3. The van der Waals surface area contributed by atoms with Crippen LogP contribution < -0.4 is 10.6 Å². The van der Waals surface area contributed by atoms with E-state index in [0.29, 0.717) is 12.1 Å². The molecular weight excluding hydrogens is 240 g/mol. The summed E-state index contributed by atoms with van der Waals surface area (Å²) in [5.41, 5.74) is 1.39. The second kappa shape index (κ2) is 5.61. The maximum atomic E-state index is 12.1. The summed E-state index contributed by atoms with van der Waals surface area (Å²) in [5, 5.41) is 16.1. The number of amides is 1. The summed E-state index contributed by atoms with van der Waals surface area (Å²) < 4.78 is 0. The van der Waals surface area contributed by atoms with Gasteiger partial charge in [0.1, 0.15) is 5.75 Å². The SMILES string of the molecule is Cc1ccc(C(=O)NCC2(C)CCCNC2)c(O)c1. The van der Waals surface area contributed by atoms with E-state index < -0.39 is 0 Å². The average Bonchev–Trinajstić information content (AvgIpc) is 2.37. The van der Waals surface area contributed by atoms with Crippen molar-refractivity contribution in [2.24, 2.45) is 5.41 Å². The lowest BCUT2D eigenvalue weighted by Crippen LogP contribution is -2.45. The van der Waals surface area contributed by atoms with Crippen LogP contribution >= 0.6 is 0 Å². The summed E-state index contributed by atoms with van der Waals surface area (Å²) in [6, 6.07) is 5.11. The molecule has 19 heavy (non-hydrogen) atoms. The van der Waals surface area contributed by atoms with Crippen LogP contribution in [0.1, 0.15) is 35.7 Å². The van der Waals surface area contributed by atoms with Crippen LogP contribution in [0.3, 0.4) is 0 Å². The van der Waals surface area contributed by atoms with E-state index in [4.69, 9.17) is 0 Å². The predicted octanol–water partition coefficient (Wildman–Crippen LogP) is 1.82. The van der Waals surface area contributed by atoms with Crippen LogP contribution in [0.25, 0.3) is 0 Å². The fourth-order valence-electron chi connectivity index (χ4n) is 2.49. The molecule has 1 amide bonds. The third kappa shape index (κ3) is 3.47. The number of benzene rings is 1. The van der Waals surface area contributed by atoms with E-state index in [1.807, 2.05) is 13.0 Å². The number of rotatable bonds is 3. The third-order valence-corrected chi connectivity index (χ3v) is 3.76. The first-order valence-corrected chi connectivity index (χ1v) is 6.79. The van der Waals surface area contributed by atoms with E-state index in [-0.39, 0.29) is 17.1 Å². The molecule has 1 atom stereocenters. The van der Waals surface area contributed by atoms with Crippen molar-refractivity contribution < 1.29 is 9.90 Å². The van der Waals surface area contributed by atoms with E-state index in [0.717, 1.165) is 31.5 Å². The summed E-state index contributed by atoms with van der Waals surface area (Å²) in [6.07, 6.45) is 2.25. The molecule has 2 rings (SSSR count). The molecule has 0 bridgehead atoms. The van der Waals surface area contributed by atoms with Crippen LogP contribution in [0.15, 0.2) is 18.2 Å². The van der Waals surface area contributed by atoms with Gasteiger partial charge in [-0.15, -0.1) is 0 Å². The van der Waals surface area contributed by atoms with Crippen LogP contribution in [0.5, 0.6) is 5.75 Å². The second-order valence-electron chi connectivity index (χ2n) is 5.79. The molecule has 0 spiro atoms. The van der Waals surface area contributed by atoms with Gasteiger partial charge in [0.15, 0.2) is 0 Å². The zero-order chi connectivity index (χ0) is 13.9. The van der Waals surface area contributed by atoms with Gasteiger partial charge < -0.3 is 15.7 Å². The Morgan fingerprint density at radius 2 is 2.32 bits per heavy atom. The van der Waals surface area contributed by atoms with Crippen molar-refractivity contribution in [1.29, 1.82) is 0 Å². The van der Waals surface area contributed by atoms with Gasteiger partial charge in [0, 0.05) is 13.1 Å². The van der Waals surface area contributed by atoms with Gasteiger partial charge in [0.05, 0.1) is 5.56 Å². The van der Waals surface area contributed by atoms with E-state index in [1.165, 1.54) is 0 Å². The molecule has 0 radical (unpaired) electrons. The predicted molar refractivity (Wildman–Crippen MR) is 75.4 cm³/mol. The summed E-state index contributed by atoms with van der Waals surface area (Å²) in [5.74, 6) is -0.159. The molecule has 1 aliphatic rings. The second-order valence-corrected chi connectivity index (χ2v) is 5.79. The number of aromatic hydroxyl groups is 1. The van der Waals surface area contributed by atoms with Crippen molar-refractivity contribution in [3.8, 4) is 5.75 Å². The van der Waals surface area contributed by atoms with Crippen LogP contribution in [0, 0.1) is 12.3 Å². The monoisotopic (exact) mass is 262 g/mol. The van der Waals surface area contributed by atoms with Crippen molar-refractivity contribution in [2.75, 3.05) is 19.6 Å². The third-order valence-electron chi connectivity index (χ3n) is 3.76. The molecule has 1 saturated heterocycles. The Balaban J connectivity index is 1.97. The number of phenolic OH excluding ortho intramolecular Hbond substituents is 1. The van der Waals surface area contributed by atoms with Crippen molar-refractivity contribution in [3.63, 3.8) is 0 Å². The first-order chi connectivity index (χ1) is 9.00. The largest absolute Gasteiger partial charge is 0.507 e. The highest BCUT2D eigenvalue weighted by molar-refractivity contribution is 5.96. The molecule has 4 nitrogen and oxygen atoms in total. The molecule has 4 heteroatoms. The van der Waals surface area contributed by atoms with Crippen LogP contribution in [-0.4, -0.2) is 30.6 Å². The highest BCUT2D eigenvalue weighted by atomic mass is 16.3. The minimum absolute atomic E-state index is 0.0458. The number of carbonyl (C=O) groups excluding carboxylic acids is 1. The summed E-state index contributed by atoms with van der Waals surface area (Å²) >= 11 is 0. The Morgan fingerprint density at radius 3 is 2.95 bits per heavy atom. The topological polar surface area (TPSA) is 61.4 Å². The standard InChI is InChI=1S/C15H22N2O2/c1-11-4-5-12(13(18)8-11)14(19)17-10-15(2)6-3-7-16-9-15/h4-5,8,16,18H,3,6-7,9-10H2,1-2H3,(H,17,19). The molecule has 0 aromatic heterocycles.